The molecule has 0 spiro atoms. The van der Waals surface area contributed by atoms with Gasteiger partial charge in [0, 0.05) is 25.2 Å². The Balaban J connectivity index is 0.000000471. The normalized spacial score (nSPS) is 8.89. The highest BCUT2D eigenvalue weighted by Gasteiger charge is 2.10. The molecule has 11 heteroatoms. The minimum absolute atomic E-state index is 0.0394. The van der Waals surface area contributed by atoms with Gasteiger partial charge in [0.15, 0.2) is 0 Å². The molecule has 0 fully saturated rings. The highest BCUT2D eigenvalue weighted by molar-refractivity contribution is 5.65. The van der Waals surface area contributed by atoms with Gasteiger partial charge in [-0.15, -0.1) is 0 Å². The molecule has 0 aliphatic heterocycles. The van der Waals surface area contributed by atoms with Crippen LogP contribution in [0.25, 0.3) is 0 Å². The van der Waals surface area contributed by atoms with E-state index in [2.05, 4.69) is 10.6 Å². The van der Waals surface area contributed by atoms with E-state index < -0.39 is 9.85 Å². The molecule has 11 nitrogen and oxygen atoms in total. The van der Waals surface area contributed by atoms with Crippen LogP contribution in [-0.2, 0) is 4.79 Å². The number of para-hydroxylation sites is 6. The number of nitrogens with two attached hydrogens (primary N) is 2. The van der Waals surface area contributed by atoms with Crippen LogP contribution in [0.5, 0.6) is 0 Å². The van der Waals surface area contributed by atoms with E-state index in [-0.39, 0.29) is 17.1 Å². The maximum absolute atomic E-state index is 10.5. The molecule has 6 N–H and O–H groups in total. The second-order valence-electron chi connectivity index (χ2n) is 6.47. The molecular formula is C24H32N6O5. The monoisotopic (exact) mass is 484 g/mol. The Bertz CT molecular complexity index is 1060. The van der Waals surface area contributed by atoms with E-state index in [1.54, 1.807) is 30.3 Å². The van der Waals surface area contributed by atoms with Gasteiger partial charge in [-0.05, 0) is 45.0 Å². The standard InChI is InChI=1S/C8H10N2O2.C8H12N2.C6H6N2O2.C2H4O/c1-2-9-7-5-3-4-6-8(7)10(11)12;1-2-10-8-6-4-3-5-7(8)9;7-5-3-1-2-4-6(5)8(9)10;1-2-3/h3-6,9H,2H2,1H3;3-6,10H,2,9H2,1H3;1-4H,7H2;2H,1H3. The Morgan fingerprint density at radius 1 is 0.714 bits per heavy atom. The number of hydrogen-bond donors (Lipinski definition) is 4. The van der Waals surface area contributed by atoms with Crippen LogP contribution in [0.3, 0.4) is 0 Å². The average molecular weight is 485 g/mol. The minimum Gasteiger partial charge on any atom is -0.397 e. The first-order chi connectivity index (χ1) is 16.7. The summed E-state index contributed by atoms with van der Waals surface area (Å²) in [7, 11) is 0. The number of nitrogens with one attached hydrogen (secondary N) is 2. The van der Waals surface area contributed by atoms with Crippen LogP contribution in [0.1, 0.15) is 20.8 Å². The van der Waals surface area contributed by atoms with Gasteiger partial charge in [-0.25, -0.2) is 0 Å². The molecular weight excluding hydrogens is 452 g/mol. The van der Waals surface area contributed by atoms with Gasteiger partial charge in [0.25, 0.3) is 11.4 Å². The summed E-state index contributed by atoms with van der Waals surface area (Å²) in [5, 5.41) is 26.7. The van der Waals surface area contributed by atoms with E-state index in [0.717, 1.165) is 24.2 Å². The topological polar surface area (TPSA) is 179 Å². The molecule has 0 aromatic heterocycles. The molecule has 0 unspecified atom stereocenters. The lowest BCUT2D eigenvalue weighted by Gasteiger charge is -2.04. The zero-order chi connectivity index (χ0) is 26.6. The summed E-state index contributed by atoms with van der Waals surface area (Å²) >= 11 is 0. The number of nitro benzene ring substituents is 2. The molecule has 0 radical (unpaired) electrons. The molecule has 3 aromatic rings. The van der Waals surface area contributed by atoms with E-state index in [1.165, 1.54) is 25.1 Å². The molecule has 188 valence electrons. The first kappa shape index (κ1) is 30.3. The van der Waals surface area contributed by atoms with Crippen LogP contribution in [0.4, 0.5) is 34.1 Å². The number of aldehydes is 1. The van der Waals surface area contributed by atoms with Crippen LogP contribution >= 0.6 is 0 Å². The van der Waals surface area contributed by atoms with E-state index in [1.807, 2.05) is 38.1 Å². The smallest absolute Gasteiger partial charge is 0.292 e. The van der Waals surface area contributed by atoms with Gasteiger partial charge in [0.2, 0.25) is 0 Å². The summed E-state index contributed by atoms with van der Waals surface area (Å²) in [6.07, 6.45) is 0.750. The maximum atomic E-state index is 10.5. The van der Waals surface area contributed by atoms with Gasteiger partial charge in [-0.3, -0.25) is 20.2 Å². The number of nitrogen functional groups attached to an aromatic ring is 2. The summed E-state index contributed by atoms with van der Waals surface area (Å²) in [5.41, 5.74) is 13.6. The third kappa shape index (κ3) is 12.2. The van der Waals surface area contributed by atoms with E-state index in [0.29, 0.717) is 12.2 Å². The summed E-state index contributed by atoms with van der Waals surface area (Å²) in [6, 6.07) is 20.5. The average Bonchev–Trinajstić information content (AvgIpc) is 2.83. The fourth-order valence-electron chi connectivity index (χ4n) is 2.48. The van der Waals surface area contributed by atoms with Crippen LogP contribution in [-0.4, -0.2) is 29.2 Å². The number of nitrogens with zero attached hydrogens (tertiary/aromatic N) is 2. The van der Waals surface area contributed by atoms with Gasteiger partial charge < -0.3 is 26.9 Å². The maximum Gasteiger partial charge on any atom is 0.292 e. The Morgan fingerprint density at radius 2 is 1.09 bits per heavy atom. The molecule has 0 saturated heterocycles. The van der Waals surface area contributed by atoms with Crippen molar-refractivity contribution in [2.24, 2.45) is 0 Å². The number of carbonyl (C=O) groups excluding carboxylic acids is 1. The predicted molar refractivity (Wildman–Crippen MR) is 142 cm³/mol. The lowest BCUT2D eigenvalue weighted by atomic mass is 10.3. The van der Waals surface area contributed by atoms with E-state index >= 15 is 0 Å². The molecule has 0 aliphatic rings. The Morgan fingerprint density at radius 3 is 1.49 bits per heavy atom. The van der Waals surface area contributed by atoms with Crippen molar-refractivity contribution in [3.05, 3.63) is 93.0 Å². The lowest BCUT2D eigenvalue weighted by molar-refractivity contribution is -0.384. The number of nitro groups is 2. The van der Waals surface area contributed by atoms with Gasteiger partial charge in [0.05, 0.1) is 21.2 Å². The van der Waals surface area contributed by atoms with Crippen molar-refractivity contribution in [3.63, 3.8) is 0 Å². The molecule has 0 heterocycles. The summed E-state index contributed by atoms with van der Waals surface area (Å²) < 4.78 is 0. The van der Waals surface area contributed by atoms with Crippen molar-refractivity contribution in [3.8, 4) is 0 Å². The summed E-state index contributed by atoms with van der Waals surface area (Å²) in [6.45, 7) is 6.99. The van der Waals surface area contributed by atoms with Crippen molar-refractivity contribution in [1.82, 2.24) is 0 Å². The molecule has 0 saturated carbocycles. The van der Waals surface area contributed by atoms with E-state index in [9.17, 15) is 20.2 Å². The second-order valence-corrected chi connectivity index (χ2v) is 6.47. The quantitative estimate of drug-likeness (QED) is 0.160. The van der Waals surface area contributed by atoms with Crippen molar-refractivity contribution in [1.29, 1.82) is 0 Å². The van der Waals surface area contributed by atoms with E-state index in [4.69, 9.17) is 16.3 Å². The molecule has 35 heavy (non-hydrogen) atoms. The third-order valence-electron chi connectivity index (χ3n) is 3.93. The zero-order valence-electron chi connectivity index (χ0n) is 20.0. The Labute approximate surface area is 204 Å². The van der Waals surface area contributed by atoms with Crippen LogP contribution in [0.2, 0.25) is 0 Å². The number of anilines is 4. The predicted octanol–water partition coefficient (Wildman–Crippen LogP) is 5.11. The number of hydrogen-bond acceptors (Lipinski definition) is 9. The Kier molecular flexibility index (Phi) is 15.5. The number of rotatable bonds is 6. The van der Waals surface area contributed by atoms with Crippen LogP contribution < -0.4 is 22.1 Å². The van der Waals surface area contributed by atoms with Gasteiger partial charge in [-0.1, -0.05) is 36.4 Å². The van der Waals surface area contributed by atoms with Crippen molar-refractivity contribution >= 4 is 40.4 Å². The first-order valence-corrected chi connectivity index (χ1v) is 10.7. The van der Waals surface area contributed by atoms with Gasteiger partial charge >= 0.3 is 0 Å². The molecule has 3 aromatic carbocycles. The van der Waals surface area contributed by atoms with Crippen LogP contribution in [0, 0.1) is 20.2 Å². The fraction of sp³-hybridized carbons (Fsp3) is 0.208. The van der Waals surface area contributed by atoms with Crippen molar-refractivity contribution in [2.75, 3.05) is 35.2 Å². The second kappa shape index (κ2) is 17.8. The number of carbonyl (C=O) groups is 1. The molecule has 0 aliphatic carbocycles. The molecule has 3 rings (SSSR count). The molecule has 0 bridgehead atoms. The van der Waals surface area contributed by atoms with Crippen molar-refractivity contribution in [2.45, 2.75) is 20.8 Å². The summed E-state index contributed by atoms with van der Waals surface area (Å²) in [5.74, 6) is 0. The van der Waals surface area contributed by atoms with Crippen LogP contribution in [0.15, 0.2) is 72.8 Å². The Hall–Kier alpha value is -4.67. The lowest BCUT2D eigenvalue weighted by Crippen LogP contribution is -2.00. The highest BCUT2D eigenvalue weighted by atomic mass is 16.6. The SMILES string of the molecule is CC=O.CCNc1ccccc1N.CCNc1ccccc1[N+](=O)[O-].Nc1ccccc1[N+](=O)[O-]. The van der Waals surface area contributed by atoms with Gasteiger partial charge in [0.1, 0.15) is 17.7 Å². The minimum atomic E-state index is -0.505. The third-order valence-corrected chi connectivity index (χ3v) is 3.93. The molecule has 0 atom stereocenters. The molecule has 0 amide bonds. The highest BCUT2D eigenvalue weighted by Crippen LogP contribution is 2.22. The zero-order valence-corrected chi connectivity index (χ0v) is 20.0. The van der Waals surface area contributed by atoms with Gasteiger partial charge in [-0.2, -0.15) is 0 Å². The van der Waals surface area contributed by atoms with Crippen molar-refractivity contribution < 1.29 is 14.6 Å². The summed E-state index contributed by atoms with van der Waals surface area (Å²) in [4.78, 5) is 28.5. The first-order valence-electron chi connectivity index (χ1n) is 10.7. The number of benzene rings is 3. The largest absolute Gasteiger partial charge is 0.397 e. The fourth-order valence-corrected chi connectivity index (χ4v) is 2.48.